The van der Waals surface area contributed by atoms with Crippen molar-refractivity contribution in [3.8, 4) is 16.3 Å². The highest BCUT2D eigenvalue weighted by Crippen LogP contribution is 2.40. The van der Waals surface area contributed by atoms with Crippen LogP contribution in [0, 0.1) is 0 Å². The lowest BCUT2D eigenvalue weighted by Crippen LogP contribution is -2.38. The van der Waals surface area contributed by atoms with E-state index in [1.54, 1.807) is 46.3 Å². The molecule has 0 aliphatic rings. The molecule has 0 unspecified atom stereocenters. The standard InChI is InChI=1S/C26H28F3N7O3S/c1-25(2,3)36-39-24(37)34-18-13-31-20(9-17(18)26(27,28)29)35-22-15(10-30-4)12-33-23-16(22)8-19(40-23)14-6-7-21(38-5)32-11-14/h6-9,11-13,30,36H,10H2,1-5H3,(H,34,37)(H,31,33,35). The Morgan fingerprint density at radius 1 is 1.05 bits per heavy atom. The van der Waals surface area contributed by atoms with Crippen LogP contribution in [0.1, 0.15) is 31.9 Å². The highest BCUT2D eigenvalue weighted by atomic mass is 32.1. The number of nitrogens with one attached hydrogen (secondary N) is 4. The summed E-state index contributed by atoms with van der Waals surface area (Å²) in [6, 6.07) is 6.34. The number of hydrogen-bond donors (Lipinski definition) is 4. The number of pyridine rings is 3. The molecule has 0 spiro atoms. The van der Waals surface area contributed by atoms with E-state index in [0.29, 0.717) is 28.3 Å². The Morgan fingerprint density at radius 2 is 1.82 bits per heavy atom. The number of rotatable bonds is 8. The second-order valence-electron chi connectivity index (χ2n) is 9.71. The highest BCUT2D eigenvalue weighted by Gasteiger charge is 2.35. The van der Waals surface area contributed by atoms with Crippen LogP contribution in [0.3, 0.4) is 0 Å². The largest absolute Gasteiger partial charge is 0.481 e. The third-order valence-electron chi connectivity index (χ3n) is 5.39. The summed E-state index contributed by atoms with van der Waals surface area (Å²) in [5.41, 5.74) is 2.34. The average molecular weight is 576 g/mol. The first kappa shape index (κ1) is 29.0. The summed E-state index contributed by atoms with van der Waals surface area (Å²) < 4.78 is 47.1. The van der Waals surface area contributed by atoms with Gasteiger partial charge in [0, 0.05) is 51.9 Å². The van der Waals surface area contributed by atoms with Crippen molar-refractivity contribution < 1.29 is 27.5 Å². The van der Waals surface area contributed by atoms with Crippen molar-refractivity contribution in [1.82, 2.24) is 25.7 Å². The van der Waals surface area contributed by atoms with Crippen LogP contribution < -0.4 is 26.2 Å². The fourth-order valence-corrected chi connectivity index (χ4v) is 4.61. The Hall–Kier alpha value is -4.01. The minimum absolute atomic E-state index is 0.0669. The van der Waals surface area contributed by atoms with Crippen LogP contribution in [0.2, 0.25) is 0 Å². The van der Waals surface area contributed by atoms with Gasteiger partial charge in [-0.05, 0) is 46.0 Å². The van der Waals surface area contributed by atoms with Gasteiger partial charge in [-0.15, -0.1) is 16.8 Å². The molecule has 1 amide bonds. The zero-order chi connectivity index (χ0) is 29.1. The topological polar surface area (TPSA) is 122 Å². The summed E-state index contributed by atoms with van der Waals surface area (Å²) in [4.78, 5) is 31.4. The predicted octanol–water partition coefficient (Wildman–Crippen LogP) is 6.10. The molecule has 4 N–H and O–H groups in total. The first-order chi connectivity index (χ1) is 18.9. The second-order valence-corrected chi connectivity index (χ2v) is 10.7. The maximum absolute atomic E-state index is 14.0. The number of anilines is 3. The molecule has 0 radical (unpaired) electrons. The van der Waals surface area contributed by atoms with Crippen LogP contribution in [0.15, 0.2) is 42.9 Å². The van der Waals surface area contributed by atoms with Gasteiger partial charge in [-0.25, -0.2) is 19.7 Å². The lowest BCUT2D eigenvalue weighted by atomic mass is 10.1. The Balaban J connectivity index is 1.69. The van der Waals surface area contributed by atoms with Gasteiger partial charge in [-0.2, -0.15) is 13.2 Å². The van der Waals surface area contributed by atoms with Gasteiger partial charge in [0.15, 0.2) is 0 Å². The van der Waals surface area contributed by atoms with Crippen LogP contribution in [-0.4, -0.2) is 40.7 Å². The van der Waals surface area contributed by atoms with Gasteiger partial charge in [0.1, 0.15) is 10.6 Å². The molecule has 0 aromatic carbocycles. The number of ether oxygens (including phenoxy) is 1. The molecule has 14 heteroatoms. The first-order valence-corrected chi connectivity index (χ1v) is 12.9. The summed E-state index contributed by atoms with van der Waals surface area (Å²) in [5, 5.41) is 8.90. The number of hydrogen-bond acceptors (Lipinski definition) is 10. The highest BCUT2D eigenvalue weighted by molar-refractivity contribution is 7.21. The van der Waals surface area contributed by atoms with E-state index in [-0.39, 0.29) is 5.82 Å². The molecule has 0 saturated heterocycles. The van der Waals surface area contributed by atoms with Gasteiger partial charge < -0.3 is 20.2 Å². The van der Waals surface area contributed by atoms with Gasteiger partial charge in [0.05, 0.1) is 30.2 Å². The van der Waals surface area contributed by atoms with Crippen LogP contribution in [-0.2, 0) is 17.6 Å². The number of thiophene rings is 1. The molecule has 10 nitrogen and oxygen atoms in total. The van der Waals surface area contributed by atoms with Crippen molar-refractivity contribution in [2.24, 2.45) is 0 Å². The first-order valence-electron chi connectivity index (χ1n) is 12.0. The third-order valence-corrected chi connectivity index (χ3v) is 6.48. The van der Waals surface area contributed by atoms with Gasteiger partial charge >= 0.3 is 12.3 Å². The van der Waals surface area contributed by atoms with E-state index in [0.717, 1.165) is 28.3 Å². The van der Waals surface area contributed by atoms with E-state index in [1.807, 2.05) is 12.1 Å². The van der Waals surface area contributed by atoms with Crippen molar-refractivity contribution >= 4 is 44.8 Å². The summed E-state index contributed by atoms with van der Waals surface area (Å²) >= 11 is 1.42. The fraction of sp³-hybridized carbons (Fsp3) is 0.308. The van der Waals surface area contributed by atoms with Crippen LogP contribution >= 0.6 is 11.3 Å². The fourth-order valence-electron chi connectivity index (χ4n) is 3.61. The Labute approximate surface area is 232 Å². The van der Waals surface area contributed by atoms with E-state index in [2.05, 4.69) is 36.4 Å². The van der Waals surface area contributed by atoms with Gasteiger partial charge in [-0.1, -0.05) is 0 Å². The summed E-state index contributed by atoms with van der Waals surface area (Å²) in [5.74, 6) is 0.410. The van der Waals surface area contributed by atoms with Gasteiger partial charge in [0.25, 0.3) is 0 Å². The molecule has 0 saturated carbocycles. The molecule has 0 aliphatic heterocycles. The molecule has 0 fully saturated rings. The molecule has 4 aromatic rings. The summed E-state index contributed by atoms with van der Waals surface area (Å²) in [7, 11) is 3.29. The summed E-state index contributed by atoms with van der Waals surface area (Å²) in [6.45, 7) is 5.59. The molecule has 4 rings (SSSR count). The number of aromatic nitrogens is 3. The average Bonchev–Trinajstić information content (AvgIpc) is 3.33. The molecule has 40 heavy (non-hydrogen) atoms. The zero-order valence-corrected chi connectivity index (χ0v) is 23.2. The number of carbonyl (C=O) groups is 1. The Morgan fingerprint density at radius 3 is 2.45 bits per heavy atom. The molecular weight excluding hydrogens is 547 g/mol. The van der Waals surface area contributed by atoms with E-state index < -0.39 is 29.1 Å². The SMILES string of the molecule is CNCc1cnc2sc(-c3ccc(OC)nc3)cc2c1Nc1cc(C(F)(F)F)c(NC(=O)ONC(C)(C)C)cn1. The number of hydroxylamine groups is 1. The minimum atomic E-state index is -4.78. The number of fused-ring (bicyclic) bond motifs is 1. The number of carbonyl (C=O) groups excluding carboxylic acids is 1. The lowest BCUT2D eigenvalue weighted by Gasteiger charge is -2.20. The number of methoxy groups -OCH3 is 1. The van der Waals surface area contributed by atoms with E-state index in [4.69, 9.17) is 9.57 Å². The van der Waals surface area contributed by atoms with E-state index in [9.17, 15) is 18.0 Å². The quantitative estimate of drug-likeness (QED) is 0.185. The molecule has 4 aromatic heterocycles. The lowest BCUT2D eigenvalue weighted by molar-refractivity contribution is -0.136. The van der Waals surface area contributed by atoms with Crippen LogP contribution in [0.5, 0.6) is 5.88 Å². The van der Waals surface area contributed by atoms with Gasteiger partial charge in [-0.3, -0.25) is 5.32 Å². The van der Waals surface area contributed by atoms with Crippen molar-refractivity contribution in [1.29, 1.82) is 0 Å². The van der Waals surface area contributed by atoms with Crippen LogP contribution in [0.25, 0.3) is 20.7 Å². The number of amides is 1. The number of nitrogens with zero attached hydrogens (tertiary/aromatic N) is 3. The molecule has 0 atom stereocenters. The van der Waals surface area contributed by atoms with Gasteiger partial charge in [0.2, 0.25) is 5.88 Å². The van der Waals surface area contributed by atoms with Crippen molar-refractivity contribution in [2.75, 3.05) is 24.8 Å². The molecule has 0 bridgehead atoms. The monoisotopic (exact) mass is 575 g/mol. The molecule has 0 aliphatic carbocycles. The molecule has 212 valence electrons. The van der Waals surface area contributed by atoms with Crippen molar-refractivity contribution in [3.63, 3.8) is 0 Å². The number of alkyl halides is 3. The smallest absolute Gasteiger partial charge is 0.430 e. The maximum Gasteiger partial charge on any atom is 0.430 e. The van der Waals surface area contributed by atoms with E-state index in [1.165, 1.54) is 18.4 Å². The maximum atomic E-state index is 14.0. The van der Waals surface area contributed by atoms with Crippen molar-refractivity contribution in [2.45, 2.75) is 39.0 Å². The summed E-state index contributed by atoms with van der Waals surface area (Å²) in [6.07, 6.45) is -1.61. The molecular formula is C26H28F3N7O3S. The van der Waals surface area contributed by atoms with Crippen molar-refractivity contribution in [3.05, 3.63) is 54.0 Å². The Bertz CT molecular complexity index is 1500. The van der Waals surface area contributed by atoms with E-state index >= 15 is 0 Å². The third kappa shape index (κ3) is 6.94. The zero-order valence-electron chi connectivity index (χ0n) is 22.4. The predicted molar refractivity (Wildman–Crippen MR) is 148 cm³/mol. The van der Waals surface area contributed by atoms with Crippen LogP contribution in [0.4, 0.5) is 35.2 Å². The Kier molecular flexibility index (Phi) is 8.42. The minimum Gasteiger partial charge on any atom is -0.481 e. The normalized spacial score (nSPS) is 11.9. The number of halogens is 3. The second kappa shape index (κ2) is 11.6. The molecule has 4 heterocycles.